The molecule has 1 aromatic carbocycles. The Balaban J connectivity index is 2.84. The Morgan fingerprint density at radius 1 is 1.23 bits per heavy atom. The maximum absolute atomic E-state index is 4.35. The van der Waals surface area contributed by atoms with Crippen molar-refractivity contribution < 1.29 is 0 Å². The van der Waals surface area contributed by atoms with E-state index >= 15 is 0 Å². The Morgan fingerprint density at radius 2 is 2.08 bits per heavy atom. The lowest BCUT2D eigenvalue weighted by Gasteiger charge is -2.06. The fourth-order valence-corrected chi connectivity index (χ4v) is 1.53. The zero-order valence-corrected chi connectivity index (χ0v) is 7.83. The number of hydrogen-bond acceptors (Lipinski definition) is 2. The Morgan fingerprint density at radius 3 is 2.85 bits per heavy atom. The van der Waals surface area contributed by atoms with Crippen molar-refractivity contribution in [2.24, 2.45) is 0 Å². The van der Waals surface area contributed by atoms with Crippen LogP contribution in [0.1, 0.15) is 5.56 Å². The van der Waals surface area contributed by atoms with Gasteiger partial charge >= 0.3 is 0 Å². The van der Waals surface area contributed by atoms with E-state index in [9.17, 15) is 0 Å². The standard InChI is InChI=1S/C11H12N2/c1-8-5-6-10(12-2)9-4-3-7-13-11(8)9/h3-7,12H,1-2H3. The summed E-state index contributed by atoms with van der Waals surface area (Å²) in [6.07, 6.45) is 1.83. The molecule has 0 aliphatic rings. The van der Waals surface area contributed by atoms with Crippen molar-refractivity contribution in [1.29, 1.82) is 0 Å². The summed E-state index contributed by atoms with van der Waals surface area (Å²) in [6, 6.07) is 8.21. The zero-order valence-electron chi connectivity index (χ0n) is 7.83. The lowest BCUT2D eigenvalue weighted by molar-refractivity contribution is 1.36. The topological polar surface area (TPSA) is 24.9 Å². The number of nitrogens with one attached hydrogen (secondary N) is 1. The number of hydrogen-bond donors (Lipinski definition) is 1. The zero-order chi connectivity index (χ0) is 9.26. The smallest absolute Gasteiger partial charge is 0.0751 e. The molecule has 0 bridgehead atoms. The molecule has 1 heterocycles. The van der Waals surface area contributed by atoms with Gasteiger partial charge in [-0.3, -0.25) is 4.98 Å². The summed E-state index contributed by atoms with van der Waals surface area (Å²) in [6.45, 7) is 2.08. The quantitative estimate of drug-likeness (QED) is 0.715. The van der Waals surface area contributed by atoms with E-state index in [-0.39, 0.29) is 0 Å². The molecule has 1 N–H and O–H groups in total. The van der Waals surface area contributed by atoms with Gasteiger partial charge in [0.2, 0.25) is 0 Å². The van der Waals surface area contributed by atoms with Gasteiger partial charge in [0, 0.05) is 24.3 Å². The summed E-state index contributed by atoms with van der Waals surface area (Å²) >= 11 is 0. The minimum Gasteiger partial charge on any atom is -0.388 e. The first-order valence-electron chi connectivity index (χ1n) is 4.35. The van der Waals surface area contributed by atoms with Crippen LogP contribution in [0.15, 0.2) is 30.5 Å². The molecule has 0 saturated heterocycles. The van der Waals surface area contributed by atoms with Crippen LogP contribution in [0, 0.1) is 6.92 Å². The molecule has 0 atom stereocenters. The van der Waals surface area contributed by atoms with Crippen LogP contribution in [-0.2, 0) is 0 Å². The lowest BCUT2D eigenvalue weighted by Crippen LogP contribution is -1.91. The summed E-state index contributed by atoms with van der Waals surface area (Å²) in [4.78, 5) is 4.35. The number of anilines is 1. The molecular formula is C11H12N2. The molecule has 0 amide bonds. The number of fused-ring (bicyclic) bond motifs is 1. The molecular weight excluding hydrogens is 160 g/mol. The molecule has 0 fully saturated rings. The first-order valence-corrected chi connectivity index (χ1v) is 4.35. The minimum absolute atomic E-state index is 1.08. The maximum atomic E-state index is 4.35. The average Bonchev–Trinajstić information content (AvgIpc) is 2.19. The van der Waals surface area contributed by atoms with Gasteiger partial charge in [0.05, 0.1) is 5.52 Å². The monoisotopic (exact) mass is 172 g/mol. The van der Waals surface area contributed by atoms with Crippen LogP contribution in [-0.4, -0.2) is 12.0 Å². The molecule has 66 valence electrons. The van der Waals surface area contributed by atoms with Crippen LogP contribution >= 0.6 is 0 Å². The van der Waals surface area contributed by atoms with Crippen molar-refractivity contribution in [3.05, 3.63) is 36.0 Å². The van der Waals surface area contributed by atoms with Crippen molar-refractivity contribution >= 4 is 16.6 Å². The summed E-state index contributed by atoms with van der Waals surface area (Å²) in [5, 5.41) is 4.34. The van der Waals surface area contributed by atoms with E-state index in [4.69, 9.17) is 0 Å². The number of nitrogens with zero attached hydrogens (tertiary/aromatic N) is 1. The summed E-state index contributed by atoms with van der Waals surface area (Å²) in [5.74, 6) is 0. The van der Waals surface area contributed by atoms with Crippen molar-refractivity contribution in [1.82, 2.24) is 4.98 Å². The summed E-state index contributed by atoms with van der Waals surface area (Å²) in [5.41, 5.74) is 3.43. The normalized spacial score (nSPS) is 10.3. The van der Waals surface area contributed by atoms with Crippen LogP contribution in [0.3, 0.4) is 0 Å². The van der Waals surface area contributed by atoms with Gasteiger partial charge in [0.25, 0.3) is 0 Å². The SMILES string of the molecule is CNc1ccc(C)c2ncccc12. The van der Waals surface area contributed by atoms with E-state index in [1.165, 1.54) is 10.9 Å². The summed E-state index contributed by atoms with van der Waals surface area (Å²) in [7, 11) is 1.93. The van der Waals surface area contributed by atoms with E-state index in [1.807, 2.05) is 19.3 Å². The van der Waals surface area contributed by atoms with Crippen LogP contribution in [0.25, 0.3) is 10.9 Å². The third-order valence-corrected chi connectivity index (χ3v) is 2.24. The van der Waals surface area contributed by atoms with Gasteiger partial charge in [0.1, 0.15) is 0 Å². The number of aromatic nitrogens is 1. The highest BCUT2D eigenvalue weighted by Crippen LogP contribution is 2.23. The Bertz CT molecular complexity index is 435. The van der Waals surface area contributed by atoms with E-state index < -0.39 is 0 Å². The molecule has 0 radical (unpaired) electrons. The largest absolute Gasteiger partial charge is 0.388 e. The van der Waals surface area contributed by atoms with Gasteiger partial charge in [-0.15, -0.1) is 0 Å². The van der Waals surface area contributed by atoms with Crippen molar-refractivity contribution in [3.63, 3.8) is 0 Å². The molecule has 13 heavy (non-hydrogen) atoms. The molecule has 2 heteroatoms. The van der Waals surface area contributed by atoms with Crippen LogP contribution < -0.4 is 5.32 Å². The van der Waals surface area contributed by atoms with Crippen LogP contribution in [0.4, 0.5) is 5.69 Å². The van der Waals surface area contributed by atoms with Crippen molar-refractivity contribution in [2.75, 3.05) is 12.4 Å². The van der Waals surface area contributed by atoms with Gasteiger partial charge in [-0.1, -0.05) is 6.07 Å². The minimum atomic E-state index is 1.08. The van der Waals surface area contributed by atoms with Crippen LogP contribution in [0.5, 0.6) is 0 Å². The number of aryl methyl sites for hydroxylation is 1. The second-order valence-corrected chi connectivity index (χ2v) is 3.08. The van der Waals surface area contributed by atoms with Gasteiger partial charge < -0.3 is 5.32 Å². The van der Waals surface area contributed by atoms with Gasteiger partial charge in [0.15, 0.2) is 0 Å². The van der Waals surface area contributed by atoms with Gasteiger partial charge in [-0.05, 0) is 30.7 Å². The van der Waals surface area contributed by atoms with E-state index in [0.717, 1.165) is 11.2 Å². The van der Waals surface area contributed by atoms with E-state index in [0.29, 0.717) is 0 Å². The Kier molecular flexibility index (Phi) is 1.89. The highest BCUT2D eigenvalue weighted by Gasteiger charge is 2.01. The van der Waals surface area contributed by atoms with E-state index in [2.05, 4.69) is 35.4 Å². The highest BCUT2D eigenvalue weighted by atomic mass is 14.8. The third-order valence-electron chi connectivity index (χ3n) is 2.24. The predicted molar refractivity (Wildman–Crippen MR) is 56.0 cm³/mol. The molecule has 2 rings (SSSR count). The number of rotatable bonds is 1. The first kappa shape index (κ1) is 8.05. The molecule has 0 spiro atoms. The Labute approximate surface area is 77.6 Å². The van der Waals surface area contributed by atoms with Crippen LogP contribution in [0.2, 0.25) is 0 Å². The maximum Gasteiger partial charge on any atom is 0.0751 e. The molecule has 1 aromatic heterocycles. The molecule has 0 saturated carbocycles. The molecule has 2 aromatic rings. The summed E-state index contributed by atoms with van der Waals surface area (Å²) < 4.78 is 0. The molecule has 0 aliphatic carbocycles. The average molecular weight is 172 g/mol. The number of pyridine rings is 1. The molecule has 0 aliphatic heterocycles. The fourth-order valence-electron chi connectivity index (χ4n) is 1.53. The molecule has 0 unspecified atom stereocenters. The highest BCUT2D eigenvalue weighted by molar-refractivity contribution is 5.93. The predicted octanol–water partition coefficient (Wildman–Crippen LogP) is 2.58. The van der Waals surface area contributed by atoms with E-state index in [1.54, 1.807) is 0 Å². The first-order chi connectivity index (χ1) is 6.33. The second-order valence-electron chi connectivity index (χ2n) is 3.08. The number of benzene rings is 1. The fraction of sp³-hybridized carbons (Fsp3) is 0.182. The second kappa shape index (κ2) is 3.05. The lowest BCUT2D eigenvalue weighted by atomic mass is 10.1. The van der Waals surface area contributed by atoms with Crippen molar-refractivity contribution in [2.45, 2.75) is 6.92 Å². The Hall–Kier alpha value is -1.57. The van der Waals surface area contributed by atoms with Gasteiger partial charge in [-0.25, -0.2) is 0 Å². The van der Waals surface area contributed by atoms with Crippen molar-refractivity contribution in [3.8, 4) is 0 Å². The van der Waals surface area contributed by atoms with Gasteiger partial charge in [-0.2, -0.15) is 0 Å². The molecule has 2 nitrogen and oxygen atoms in total. The third kappa shape index (κ3) is 1.24.